The summed E-state index contributed by atoms with van der Waals surface area (Å²) in [7, 11) is 0. The summed E-state index contributed by atoms with van der Waals surface area (Å²) in [6.07, 6.45) is 3.00. The molecule has 2 rings (SSSR count). The fourth-order valence-electron chi connectivity index (χ4n) is 2.80. The molecule has 0 amide bonds. The maximum absolute atomic E-state index is 9.30. The second kappa shape index (κ2) is 4.05. The zero-order valence-corrected chi connectivity index (χ0v) is 10.5. The lowest BCUT2D eigenvalue weighted by Gasteiger charge is -2.40. The van der Waals surface area contributed by atoms with E-state index in [0.717, 1.165) is 24.8 Å². The third-order valence-electron chi connectivity index (χ3n) is 3.97. The number of benzene rings is 1. The predicted molar refractivity (Wildman–Crippen MR) is 69.2 cm³/mol. The van der Waals surface area contributed by atoms with Crippen LogP contribution in [0.1, 0.15) is 43.4 Å². The molecule has 1 unspecified atom stereocenters. The molecular formula is C14H19N3. The van der Waals surface area contributed by atoms with E-state index in [1.807, 2.05) is 12.1 Å². The average Bonchev–Trinajstić information content (AvgIpc) is 2.30. The number of hydrogen-bond donors (Lipinski definition) is 2. The number of nitrogens with two attached hydrogens (primary N) is 2. The van der Waals surface area contributed by atoms with E-state index in [-0.39, 0.29) is 0 Å². The highest BCUT2D eigenvalue weighted by Gasteiger charge is 2.38. The first kappa shape index (κ1) is 11.9. The Labute approximate surface area is 102 Å². The Bertz CT molecular complexity index is 485. The van der Waals surface area contributed by atoms with Gasteiger partial charge in [0, 0.05) is 11.2 Å². The van der Waals surface area contributed by atoms with Gasteiger partial charge in [-0.2, -0.15) is 5.26 Å². The molecule has 0 saturated carbocycles. The van der Waals surface area contributed by atoms with E-state index in [4.69, 9.17) is 11.5 Å². The van der Waals surface area contributed by atoms with Crippen LogP contribution in [0, 0.1) is 17.2 Å². The fraction of sp³-hybridized carbons (Fsp3) is 0.500. The van der Waals surface area contributed by atoms with Gasteiger partial charge in [-0.3, -0.25) is 0 Å². The Hall–Kier alpha value is -1.53. The van der Waals surface area contributed by atoms with Crippen molar-refractivity contribution < 1.29 is 0 Å². The lowest BCUT2D eigenvalue weighted by molar-refractivity contribution is 0.271. The van der Waals surface area contributed by atoms with Gasteiger partial charge in [0.25, 0.3) is 0 Å². The number of hydrogen-bond acceptors (Lipinski definition) is 3. The molecular weight excluding hydrogens is 210 g/mol. The Kier molecular flexibility index (Phi) is 2.84. The fourth-order valence-corrected chi connectivity index (χ4v) is 2.80. The maximum Gasteiger partial charge on any atom is 0.102 e. The van der Waals surface area contributed by atoms with Crippen molar-refractivity contribution >= 4 is 5.69 Å². The van der Waals surface area contributed by atoms with E-state index in [0.29, 0.717) is 17.2 Å². The van der Waals surface area contributed by atoms with Crippen LogP contribution in [0.2, 0.25) is 0 Å². The Balaban J connectivity index is 2.72. The highest BCUT2D eigenvalue weighted by Crippen LogP contribution is 2.41. The highest BCUT2D eigenvalue weighted by molar-refractivity contribution is 5.63. The summed E-state index contributed by atoms with van der Waals surface area (Å²) in [6.45, 7) is 4.22. The van der Waals surface area contributed by atoms with Crippen molar-refractivity contribution in [1.82, 2.24) is 0 Å². The second-order valence-electron chi connectivity index (χ2n) is 5.22. The average molecular weight is 229 g/mol. The monoisotopic (exact) mass is 229 g/mol. The topological polar surface area (TPSA) is 75.8 Å². The first-order valence-electron chi connectivity index (χ1n) is 6.11. The molecule has 1 aromatic carbocycles. The summed E-state index contributed by atoms with van der Waals surface area (Å²) in [5.41, 5.74) is 15.3. The first-order valence-corrected chi connectivity index (χ1v) is 6.11. The quantitative estimate of drug-likeness (QED) is 0.725. The van der Waals surface area contributed by atoms with Crippen LogP contribution >= 0.6 is 0 Å². The molecule has 0 fully saturated rings. The smallest absolute Gasteiger partial charge is 0.102 e. The van der Waals surface area contributed by atoms with Crippen LogP contribution in [-0.2, 0) is 12.0 Å². The number of aryl methyl sites for hydroxylation is 1. The summed E-state index contributed by atoms with van der Waals surface area (Å²) in [4.78, 5) is 0. The molecule has 1 aromatic rings. The lowest BCUT2D eigenvalue weighted by Crippen LogP contribution is -2.45. The molecule has 90 valence electrons. The van der Waals surface area contributed by atoms with Gasteiger partial charge in [-0.15, -0.1) is 0 Å². The van der Waals surface area contributed by atoms with Crippen molar-refractivity contribution in [1.29, 1.82) is 5.26 Å². The maximum atomic E-state index is 9.30. The largest absolute Gasteiger partial charge is 0.398 e. The molecule has 3 nitrogen and oxygen atoms in total. The minimum absolute atomic E-state index is 0.301. The number of rotatable bonds is 1. The normalized spacial score (nSPS) is 23.2. The van der Waals surface area contributed by atoms with Gasteiger partial charge in [-0.1, -0.05) is 19.9 Å². The second-order valence-corrected chi connectivity index (χ2v) is 5.22. The van der Waals surface area contributed by atoms with E-state index in [1.165, 1.54) is 5.56 Å². The Morgan fingerprint density at radius 3 is 2.71 bits per heavy atom. The molecule has 1 aliphatic carbocycles. The minimum atomic E-state index is -0.409. The van der Waals surface area contributed by atoms with E-state index in [2.05, 4.69) is 19.9 Å². The SMILES string of the molecule is CC(C)C1(N)CCCc2ccc(N)c(C#N)c21. The van der Waals surface area contributed by atoms with Crippen molar-refractivity contribution in [2.75, 3.05) is 5.73 Å². The van der Waals surface area contributed by atoms with Crippen molar-refractivity contribution in [2.24, 2.45) is 11.7 Å². The molecule has 4 N–H and O–H groups in total. The van der Waals surface area contributed by atoms with Gasteiger partial charge in [-0.25, -0.2) is 0 Å². The molecule has 1 atom stereocenters. The summed E-state index contributed by atoms with van der Waals surface area (Å²) in [5.74, 6) is 0.301. The number of anilines is 1. The third kappa shape index (κ3) is 1.69. The van der Waals surface area contributed by atoms with Crippen LogP contribution in [0.4, 0.5) is 5.69 Å². The number of fused-ring (bicyclic) bond motifs is 1. The highest BCUT2D eigenvalue weighted by atomic mass is 14.8. The number of nitriles is 1. The molecule has 0 heterocycles. The van der Waals surface area contributed by atoms with Crippen molar-refractivity contribution in [3.8, 4) is 6.07 Å². The van der Waals surface area contributed by atoms with Crippen LogP contribution < -0.4 is 11.5 Å². The molecule has 0 aliphatic heterocycles. The molecule has 0 aromatic heterocycles. The number of nitrogens with zero attached hydrogens (tertiary/aromatic N) is 1. The van der Waals surface area contributed by atoms with Crippen LogP contribution in [-0.4, -0.2) is 0 Å². The Morgan fingerprint density at radius 1 is 1.41 bits per heavy atom. The molecule has 1 aliphatic rings. The summed E-state index contributed by atoms with van der Waals surface area (Å²) >= 11 is 0. The van der Waals surface area contributed by atoms with Crippen LogP contribution in [0.15, 0.2) is 12.1 Å². The molecule has 0 saturated heterocycles. The Morgan fingerprint density at radius 2 is 2.12 bits per heavy atom. The molecule has 0 radical (unpaired) electrons. The van der Waals surface area contributed by atoms with Crippen molar-refractivity contribution in [2.45, 2.75) is 38.6 Å². The zero-order chi connectivity index (χ0) is 12.6. The zero-order valence-electron chi connectivity index (χ0n) is 10.5. The summed E-state index contributed by atoms with van der Waals surface area (Å²) in [5, 5.41) is 9.30. The van der Waals surface area contributed by atoms with Crippen molar-refractivity contribution in [3.63, 3.8) is 0 Å². The van der Waals surface area contributed by atoms with Gasteiger partial charge in [0.2, 0.25) is 0 Å². The van der Waals surface area contributed by atoms with Gasteiger partial charge < -0.3 is 11.5 Å². The van der Waals surface area contributed by atoms with Crippen LogP contribution in [0.5, 0.6) is 0 Å². The summed E-state index contributed by atoms with van der Waals surface area (Å²) < 4.78 is 0. The molecule has 0 bridgehead atoms. The first-order chi connectivity index (χ1) is 8.00. The molecule has 3 heteroatoms. The van der Waals surface area contributed by atoms with Gasteiger partial charge >= 0.3 is 0 Å². The van der Waals surface area contributed by atoms with Gasteiger partial charge in [-0.05, 0) is 42.4 Å². The van der Waals surface area contributed by atoms with E-state index < -0.39 is 5.54 Å². The summed E-state index contributed by atoms with van der Waals surface area (Å²) in [6, 6.07) is 6.07. The lowest BCUT2D eigenvalue weighted by atomic mass is 9.69. The van der Waals surface area contributed by atoms with Crippen LogP contribution in [0.3, 0.4) is 0 Å². The van der Waals surface area contributed by atoms with Gasteiger partial charge in [0.05, 0.1) is 5.56 Å². The van der Waals surface area contributed by atoms with E-state index in [9.17, 15) is 5.26 Å². The molecule has 0 spiro atoms. The van der Waals surface area contributed by atoms with E-state index >= 15 is 0 Å². The molecule has 17 heavy (non-hydrogen) atoms. The van der Waals surface area contributed by atoms with Crippen LogP contribution in [0.25, 0.3) is 0 Å². The third-order valence-corrected chi connectivity index (χ3v) is 3.97. The standard InChI is InChI=1S/C14H19N3/c1-9(2)14(17)7-3-4-10-5-6-12(16)11(8-15)13(10)14/h5-6,9H,3-4,7,16-17H2,1-2H3. The van der Waals surface area contributed by atoms with Crippen molar-refractivity contribution in [3.05, 3.63) is 28.8 Å². The predicted octanol–water partition coefficient (Wildman–Crippen LogP) is 2.29. The number of nitrogen functional groups attached to an aromatic ring is 1. The minimum Gasteiger partial charge on any atom is -0.398 e. The van der Waals surface area contributed by atoms with Gasteiger partial charge in [0.1, 0.15) is 6.07 Å². The van der Waals surface area contributed by atoms with Gasteiger partial charge in [0.15, 0.2) is 0 Å². The van der Waals surface area contributed by atoms with E-state index in [1.54, 1.807) is 0 Å².